The SMILES string of the molecule is C/C=C1/N=C(C)C=C(C(=O)OC)N1N.NC=O. The third-order valence-electron chi connectivity index (χ3n) is 1.80. The number of amides is 1. The Bertz CT molecular complexity index is 385. The van der Waals surface area contributed by atoms with Gasteiger partial charge in [0.05, 0.1) is 7.11 Å². The lowest BCUT2D eigenvalue weighted by Crippen LogP contribution is -2.35. The molecule has 0 spiro atoms. The molecule has 0 radical (unpaired) electrons. The molecule has 1 amide bonds. The molecule has 0 atom stereocenters. The Labute approximate surface area is 99.4 Å². The summed E-state index contributed by atoms with van der Waals surface area (Å²) in [7, 11) is 1.31. The zero-order valence-electron chi connectivity index (χ0n) is 10.0. The lowest BCUT2D eigenvalue weighted by Gasteiger charge is -2.23. The van der Waals surface area contributed by atoms with Crippen LogP contribution in [-0.4, -0.2) is 30.2 Å². The topological polar surface area (TPSA) is 111 Å². The van der Waals surface area contributed by atoms with E-state index in [0.29, 0.717) is 5.82 Å². The van der Waals surface area contributed by atoms with Gasteiger partial charge in [-0.3, -0.25) is 9.80 Å². The summed E-state index contributed by atoms with van der Waals surface area (Å²) in [5.41, 5.74) is 5.17. The molecule has 0 fully saturated rings. The van der Waals surface area contributed by atoms with Crippen molar-refractivity contribution >= 4 is 18.1 Å². The van der Waals surface area contributed by atoms with Gasteiger partial charge in [0.25, 0.3) is 0 Å². The molecule has 1 rings (SSSR count). The Morgan fingerprint density at radius 3 is 2.53 bits per heavy atom. The summed E-state index contributed by atoms with van der Waals surface area (Å²) in [5, 5.41) is 1.21. The molecule has 1 heterocycles. The number of esters is 1. The Morgan fingerprint density at radius 2 is 2.12 bits per heavy atom. The lowest BCUT2D eigenvalue weighted by molar-refractivity contribution is -0.137. The van der Waals surface area contributed by atoms with E-state index in [0.717, 1.165) is 5.71 Å². The number of carbonyl (C=O) groups is 2. The van der Waals surface area contributed by atoms with Crippen molar-refractivity contribution < 1.29 is 14.3 Å². The minimum absolute atomic E-state index is 0.250. The molecule has 1 aliphatic rings. The molecule has 0 saturated carbocycles. The predicted molar refractivity (Wildman–Crippen MR) is 63.2 cm³/mol. The molecular formula is C10H16N4O3. The average Bonchev–Trinajstić information content (AvgIpc) is 2.31. The Kier molecular flexibility index (Phi) is 6.27. The van der Waals surface area contributed by atoms with Crippen molar-refractivity contribution in [1.82, 2.24) is 5.01 Å². The number of nitrogens with two attached hydrogens (primary N) is 2. The van der Waals surface area contributed by atoms with Crippen molar-refractivity contribution in [1.29, 1.82) is 0 Å². The number of rotatable bonds is 1. The first-order valence-electron chi connectivity index (χ1n) is 4.73. The summed E-state index contributed by atoms with van der Waals surface area (Å²) in [5.74, 6) is 5.72. The molecule has 94 valence electrons. The molecule has 0 bridgehead atoms. The van der Waals surface area contributed by atoms with Gasteiger partial charge in [0.2, 0.25) is 6.41 Å². The van der Waals surface area contributed by atoms with Crippen LogP contribution in [0, 0.1) is 0 Å². The Balaban J connectivity index is 0.000000770. The van der Waals surface area contributed by atoms with Gasteiger partial charge in [0.15, 0.2) is 0 Å². The number of aliphatic imine (C=N–C) groups is 1. The number of hydrogen-bond acceptors (Lipinski definition) is 6. The highest BCUT2D eigenvalue weighted by Gasteiger charge is 2.21. The summed E-state index contributed by atoms with van der Waals surface area (Å²) in [6.07, 6.45) is 3.55. The lowest BCUT2D eigenvalue weighted by atomic mass is 10.2. The monoisotopic (exact) mass is 240 g/mol. The molecule has 0 aromatic carbocycles. The largest absolute Gasteiger partial charge is 0.464 e. The molecule has 7 heteroatoms. The van der Waals surface area contributed by atoms with E-state index in [1.165, 1.54) is 12.1 Å². The van der Waals surface area contributed by atoms with Crippen molar-refractivity contribution in [2.45, 2.75) is 13.8 Å². The van der Waals surface area contributed by atoms with E-state index in [1.807, 2.05) is 0 Å². The third kappa shape index (κ3) is 4.07. The first-order chi connectivity index (χ1) is 8.01. The van der Waals surface area contributed by atoms with Gasteiger partial charge in [-0.2, -0.15) is 0 Å². The van der Waals surface area contributed by atoms with Crippen LogP contribution in [0.4, 0.5) is 0 Å². The van der Waals surface area contributed by atoms with Crippen LogP contribution in [0.5, 0.6) is 0 Å². The van der Waals surface area contributed by atoms with E-state index < -0.39 is 5.97 Å². The van der Waals surface area contributed by atoms with E-state index >= 15 is 0 Å². The highest BCUT2D eigenvalue weighted by molar-refractivity contribution is 6.02. The van der Waals surface area contributed by atoms with Gasteiger partial charge in [-0.25, -0.2) is 15.6 Å². The molecule has 17 heavy (non-hydrogen) atoms. The fraction of sp³-hybridized carbons (Fsp3) is 0.300. The van der Waals surface area contributed by atoms with Gasteiger partial charge in [0, 0.05) is 5.71 Å². The van der Waals surface area contributed by atoms with Gasteiger partial charge < -0.3 is 10.5 Å². The molecule has 0 aromatic rings. The van der Waals surface area contributed by atoms with Gasteiger partial charge in [-0.05, 0) is 26.0 Å². The molecule has 0 aliphatic carbocycles. The number of ether oxygens (including phenoxy) is 1. The molecule has 0 unspecified atom stereocenters. The fourth-order valence-corrected chi connectivity index (χ4v) is 1.12. The van der Waals surface area contributed by atoms with Crippen LogP contribution in [0.25, 0.3) is 0 Å². The van der Waals surface area contributed by atoms with E-state index in [-0.39, 0.29) is 12.1 Å². The number of methoxy groups -OCH3 is 1. The number of hydrogen-bond donors (Lipinski definition) is 2. The molecule has 0 saturated heterocycles. The summed E-state index contributed by atoms with van der Waals surface area (Å²) >= 11 is 0. The van der Waals surface area contributed by atoms with E-state index in [2.05, 4.69) is 15.5 Å². The maximum absolute atomic E-state index is 11.3. The van der Waals surface area contributed by atoms with Crippen LogP contribution in [0.3, 0.4) is 0 Å². The summed E-state index contributed by atoms with van der Waals surface area (Å²) in [4.78, 5) is 24.0. The highest BCUT2D eigenvalue weighted by atomic mass is 16.5. The average molecular weight is 240 g/mol. The zero-order chi connectivity index (χ0) is 13.4. The summed E-state index contributed by atoms with van der Waals surface area (Å²) < 4.78 is 4.59. The van der Waals surface area contributed by atoms with Crippen LogP contribution in [0.15, 0.2) is 28.7 Å². The zero-order valence-corrected chi connectivity index (χ0v) is 10.0. The Hall–Kier alpha value is -2.15. The minimum Gasteiger partial charge on any atom is -0.464 e. The second-order valence-electron chi connectivity index (χ2n) is 2.93. The van der Waals surface area contributed by atoms with Crippen LogP contribution < -0.4 is 11.6 Å². The van der Waals surface area contributed by atoms with Gasteiger partial charge >= 0.3 is 5.97 Å². The molecular weight excluding hydrogens is 224 g/mol. The van der Waals surface area contributed by atoms with Crippen molar-refractivity contribution in [2.24, 2.45) is 16.6 Å². The smallest absolute Gasteiger partial charge is 0.356 e. The second kappa shape index (κ2) is 7.18. The Morgan fingerprint density at radius 1 is 1.59 bits per heavy atom. The standard InChI is InChI=1S/C9H13N3O2.CH3NO/c1-4-8-11-6(2)5-7(12(8)10)9(13)14-3;2-1-3/h4-5H,10H2,1-3H3;1H,(H2,2,3)/b8-4-;. The van der Waals surface area contributed by atoms with Crippen LogP contribution in [0.1, 0.15) is 13.8 Å². The van der Waals surface area contributed by atoms with E-state index in [4.69, 9.17) is 10.6 Å². The number of nitrogens with zero attached hydrogens (tertiary/aromatic N) is 2. The fourth-order valence-electron chi connectivity index (χ4n) is 1.12. The van der Waals surface area contributed by atoms with Crippen LogP contribution >= 0.6 is 0 Å². The molecule has 4 N–H and O–H groups in total. The maximum atomic E-state index is 11.3. The van der Waals surface area contributed by atoms with Crippen molar-refractivity contribution in [3.05, 3.63) is 23.7 Å². The van der Waals surface area contributed by atoms with Crippen molar-refractivity contribution in [2.75, 3.05) is 7.11 Å². The maximum Gasteiger partial charge on any atom is 0.356 e. The molecule has 1 aliphatic heterocycles. The van der Waals surface area contributed by atoms with Gasteiger partial charge in [0.1, 0.15) is 11.5 Å². The summed E-state index contributed by atoms with van der Waals surface area (Å²) in [6.45, 7) is 3.59. The normalized spacial score (nSPS) is 16.5. The van der Waals surface area contributed by atoms with Crippen LogP contribution in [0.2, 0.25) is 0 Å². The number of hydrazine groups is 1. The number of carbonyl (C=O) groups excluding carboxylic acids is 2. The van der Waals surface area contributed by atoms with Crippen molar-refractivity contribution in [3.8, 4) is 0 Å². The first-order valence-corrected chi connectivity index (χ1v) is 4.73. The van der Waals surface area contributed by atoms with Crippen LogP contribution in [-0.2, 0) is 14.3 Å². The second-order valence-corrected chi connectivity index (χ2v) is 2.93. The summed E-state index contributed by atoms with van der Waals surface area (Å²) in [6, 6.07) is 0. The predicted octanol–water partition coefficient (Wildman–Crippen LogP) is -0.344. The molecule has 0 aromatic heterocycles. The van der Waals surface area contributed by atoms with Gasteiger partial charge in [-0.15, -0.1) is 0 Å². The first kappa shape index (κ1) is 14.8. The quantitative estimate of drug-likeness (QED) is 0.370. The van der Waals surface area contributed by atoms with Gasteiger partial charge in [-0.1, -0.05) is 0 Å². The van der Waals surface area contributed by atoms with E-state index in [9.17, 15) is 4.79 Å². The third-order valence-corrected chi connectivity index (χ3v) is 1.80. The highest BCUT2D eigenvalue weighted by Crippen LogP contribution is 2.16. The molecule has 7 nitrogen and oxygen atoms in total. The number of allylic oxidation sites excluding steroid dienone is 2. The van der Waals surface area contributed by atoms with E-state index in [1.54, 1.807) is 26.0 Å². The van der Waals surface area contributed by atoms with Crippen molar-refractivity contribution in [3.63, 3.8) is 0 Å². The minimum atomic E-state index is -0.471. The number of primary amides is 1.